The second-order valence-electron chi connectivity index (χ2n) is 7.88. The Balaban J connectivity index is 1.84. The molecule has 2 aliphatic rings. The van der Waals surface area contributed by atoms with Gasteiger partial charge in [-0.1, -0.05) is 13.0 Å². The van der Waals surface area contributed by atoms with Crippen molar-refractivity contribution in [2.75, 3.05) is 46.8 Å². The van der Waals surface area contributed by atoms with E-state index in [0.29, 0.717) is 24.0 Å². The van der Waals surface area contributed by atoms with Gasteiger partial charge in [0.25, 0.3) is 0 Å². The number of benzene rings is 1. The predicted molar refractivity (Wildman–Crippen MR) is 106 cm³/mol. The molecular formula is C20H33N3O2S. The van der Waals surface area contributed by atoms with Crippen LogP contribution in [0.15, 0.2) is 23.1 Å². The van der Waals surface area contributed by atoms with Gasteiger partial charge in [0.15, 0.2) is 0 Å². The maximum atomic E-state index is 13.4. The van der Waals surface area contributed by atoms with Gasteiger partial charge in [-0.2, -0.15) is 4.31 Å². The molecule has 0 radical (unpaired) electrons. The number of hydrogen-bond acceptors (Lipinski definition) is 4. The molecule has 0 N–H and O–H groups in total. The number of likely N-dealkylation sites (tertiary alicyclic amines) is 1. The minimum atomic E-state index is -3.46. The van der Waals surface area contributed by atoms with Crippen LogP contribution in [-0.2, 0) is 22.9 Å². The van der Waals surface area contributed by atoms with E-state index in [2.05, 4.69) is 16.7 Å². The molecular weight excluding hydrogens is 346 g/mol. The van der Waals surface area contributed by atoms with E-state index >= 15 is 0 Å². The van der Waals surface area contributed by atoms with Crippen molar-refractivity contribution >= 4 is 10.0 Å². The van der Waals surface area contributed by atoms with Gasteiger partial charge in [-0.3, -0.25) is 4.90 Å². The van der Waals surface area contributed by atoms with Gasteiger partial charge in [0.1, 0.15) is 0 Å². The van der Waals surface area contributed by atoms with Gasteiger partial charge < -0.3 is 4.90 Å². The van der Waals surface area contributed by atoms with Crippen molar-refractivity contribution < 1.29 is 8.42 Å². The van der Waals surface area contributed by atoms with Gasteiger partial charge in [0.2, 0.25) is 10.0 Å². The lowest BCUT2D eigenvalue weighted by atomic mass is 10.1. The Bertz CT molecular complexity index is 718. The maximum absolute atomic E-state index is 13.4. The fraction of sp³-hybridized carbons (Fsp3) is 0.700. The highest BCUT2D eigenvalue weighted by Crippen LogP contribution is 2.27. The molecule has 5 nitrogen and oxygen atoms in total. The Hall–Kier alpha value is -0.950. The lowest BCUT2D eigenvalue weighted by molar-refractivity contribution is 0.220. The molecule has 1 atom stereocenters. The minimum absolute atomic E-state index is 0.339. The van der Waals surface area contributed by atoms with Crippen LogP contribution in [0.5, 0.6) is 0 Å². The van der Waals surface area contributed by atoms with Crippen LogP contribution in [0.3, 0.4) is 0 Å². The molecule has 3 rings (SSSR count). The summed E-state index contributed by atoms with van der Waals surface area (Å²) < 4.78 is 28.6. The lowest BCUT2D eigenvalue weighted by Crippen LogP contribution is -2.45. The van der Waals surface area contributed by atoms with Gasteiger partial charge in [-0.15, -0.1) is 0 Å². The molecule has 0 saturated carbocycles. The first kappa shape index (κ1) is 19.8. The summed E-state index contributed by atoms with van der Waals surface area (Å²) in [6.45, 7) is 6.12. The molecule has 0 aromatic heterocycles. The van der Waals surface area contributed by atoms with Crippen molar-refractivity contribution in [1.29, 1.82) is 0 Å². The number of aryl methyl sites for hydroxylation is 2. The number of likely N-dealkylation sites (N-methyl/N-ethyl adjacent to an activating group) is 2. The summed E-state index contributed by atoms with van der Waals surface area (Å²) >= 11 is 0. The normalized spacial score (nSPS) is 21.0. The van der Waals surface area contributed by atoms with Gasteiger partial charge in [0, 0.05) is 25.7 Å². The molecule has 1 aromatic carbocycles. The van der Waals surface area contributed by atoms with Crippen molar-refractivity contribution in [3.63, 3.8) is 0 Å². The highest BCUT2D eigenvalue weighted by molar-refractivity contribution is 7.89. The summed E-state index contributed by atoms with van der Waals surface area (Å²) in [4.78, 5) is 4.94. The summed E-state index contributed by atoms with van der Waals surface area (Å²) in [6, 6.07) is 6.10. The molecule has 0 amide bonds. The van der Waals surface area contributed by atoms with Crippen LogP contribution in [0, 0.1) is 0 Å². The molecule has 6 heteroatoms. The van der Waals surface area contributed by atoms with E-state index in [4.69, 9.17) is 0 Å². The summed E-state index contributed by atoms with van der Waals surface area (Å²) in [5, 5.41) is 0. The molecule has 0 spiro atoms. The number of rotatable bonds is 8. The molecule has 1 fully saturated rings. The third-order valence-electron chi connectivity index (χ3n) is 5.82. The van der Waals surface area contributed by atoms with Crippen molar-refractivity contribution in [3.05, 3.63) is 29.3 Å². The van der Waals surface area contributed by atoms with Crippen LogP contribution in [0.25, 0.3) is 0 Å². The zero-order valence-electron chi connectivity index (χ0n) is 16.4. The first-order valence-electron chi connectivity index (χ1n) is 9.92. The number of sulfonamides is 1. The largest absolute Gasteiger partial charge is 0.308 e. The Kier molecular flexibility index (Phi) is 6.38. The zero-order chi connectivity index (χ0) is 18.7. The van der Waals surface area contributed by atoms with Gasteiger partial charge in [0.05, 0.1) is 4.90 Å². The Morgan fingerprint density at radius 3 is 2.62 bits per heavy atom. The van der Waals surface area contributed by atoms with E-state index in [-0.39, 0.29) is 0 Å². The second kappa shape index (κ2) is 8.38. The van der Waals surface area contributed by atoms with E-state index in [9.17, 15) is 8.42 Å². The summed E-state index contributed by atoms with van der Waals surface area (Å²) in [7, 11) is 0.531. The maximum Gasteiger partial charge on any atom is 0.243 e. The monoisotopic (exact) mass is 379 g/mol. The number of hydrogen-bond donors (Lipinski definition) is 0. The lowest BCUT2D eigenvalue weighted by Gasteiger charge is -2.30. The molecule has 1 unspecified atom stereocenters. The summed E-state index contributed by atoms with van der Waals surface area (Å²) in [5.41, 5.74) is 2.53. The molecule has 0 bridgehead atoms. The fourth-order valence-corrected chi connectivity index (χ4v) is 5.75. The van der Waals surface area contributed by atoms with Crippen LogP contribution >= 0.6 is 0 Å². The Morgan fingerprint density at radius 1 is 1.12 bits per heavy atom. The molecule has 1 heterocycles. The standard InChI is InChI=1S/C20H33N3O2S/c1-4-22-12-6-9-19(22)16-23(14-13-21(2)3)26(24,25)20-11-10-17-7-5-8-18(17)15-20/h10-11,15,19H,4-9,12-14,16H2,1-3H3. The quantitative estimate of drug-likeness (QED) is 0.695. The SMILES string of the molecule is CCN1CCCC1CN(CCN(C)C)S(=O)(=O)c1ccc2c(c1)CCC2. The Labute approximate surface area is 159 Å². The first-order chi connectivity index (χ1) is 12.4. The highest BCUT2D eigenvalue weighted by Gasteiger charge is 2.32. The average Bonchev–Trinajstić information content (AvgIpc) is 3.25. The van der Waals surface area contributed by atoms with Crippen molar-refractivity contribution in [2.45, 2.75) is 50.0 Å². The summed E-state index contributed by atoms with van der Waals surface area (Å²) in [6.07, 6.45) is 5.47. The van der Waals surface area contributed by atoms with E-state index in [1.54, 1.807) is 4.31 Å². The van der Waals surface area contributed by atoms with Crippen molar-refractivity contribution in [2.24, 2.45) is 0 Å². The number of nitrogens with zero attached hydrogens (tertiary/aromatic N) is 3. The van der Waals surface area contributed by atoms with Gasteiger partial charge in [-0.25, -0.2) is 8.42 Å². The van der Waals surface area contributed by atoms with Crippen molar-refractivity contribution in [1.82, 2.24) is 14.1 Å². The smallest absolute Gasteiger partial charge is 0.243 e. The van der Waals surface area contributed by atoms with Crippen LogP contribution in [-0.4, -0.2) is 75.4 Å². The minimum Gasteiger partial charge on any atom is -0.308 e. The Morgan fingerprint density at radius 2 is 1.88 bits per heavy atom. The second-order valence-corrected chi connectivity index (χ2v) is 9.81. The topological polar surface area (TPSA) is 43.9 Å². The molecule has 1 aliphatic carbocycles. The molecule has 1 saturated heterocycles. The zero-order valence-corrected chi connectivity index (χ0v) is 17.3. The third kappa shape index (κ3) is 4.30. The van der Waals surface area contributed by atoms with E-state index in [1.165, 1.54) is 17.5 Å². The van der Waals surface area contributed by atoms with Gasteiger partial charge >= 0.3 is 0 Å². The predicted octanol–water partition coefficient (Wildman–Crippen LogP) is 2.21. The van der Waals surface area contributed by atoms with E-state index < -0.39 is 10.0 Å². The summed E-state index contributed by atoms with van der Waals surface area (Å²) in [5.74, 6) is 0. The highest BCUT2D eigenvalue weighted by atomic mass is 32.2. The molecule has 146 valence electrons. The molecule has 1 aliphatic heterocycles. The average molecular weight is 380 g/mol. The van der Waals surface area contributed by atoms with E-state index in [0.717, 1.165) is 45.3 Å². The number of fused-ring (bicyclic) bond motifs is 1. The van der Waals surface area contributed by atoms with Crippen molar-refractivity contribution in [3.8, 4) is 0 Å². The van der Waals surface area contributed by atoms with E-state index in [1.807, 2.05) is 32.3 Å². The van der Waals surface area contributed by atoms with Gasteiger partial charge in [-0.05, 0) is 82.5 Å². The first-order valence-corrected chi connectivity index (χ1v) is 11.4. The molecule has 26 heavy (non-hydrogen) atoms. The molecule has 1 aromatic rings. The third-order valence-corrected chi connectivity index (χ3v) is 7.69. The van der Waals surface area contributed by atoms with Crippen LogP contribution < -0.4 is 0 Å². The fourth-order valence-electron chi connectivity index (χ4n) is 4.23. The van der Waals surface area contributed by atoms with Crippen LogP contribution in [0.2, 0.25) is 0 Å². The van der Waals surface area contributed by atoms with Crippen LogP contribution in [0.1, 0.15) is 37.3 Å². The van der Waals surface area contributed by atoms with Crippen LogP contribution in [0.4, 0.5) is 0 Å².